The first-order valence-electron chi connectivity index (χ1n) is 9.20. The number of carbonyl (C=O) groups excluding carboxylic acids is 1. The Morgan fingerprint density at radius 1 is 1.19 bits per heavy atom. The minimum Gasteiger partial charge on any atom is -0.354 e. The second kappa shape index (κ2) is 10.1. The SMILES string of the molecule is CN=C(NCCNC(=O)CC1CCCC1)N1CCS(=O)(=O)C(C)(C)C1.I. The van der Waals surface area contributed by atoms with Crippen molar-refractivity contribution in [1.82, 2.24) is 15.5 Å². The van der Waals surface area contributed by atoms with Crippen LogP contribution < -0.4 is 10.6 Å². The molecule has 0 unspecified atom stereocenters. The number of nitrogens with one attached hydrogen (secondary N) is 2. The van der Waals surface area contributed by atoms with Crippen molar-refractivity contribution >= 4 is 45.7 Å². The number of hydrogen-bond acceptors (Lipinski definition) is 4. The average molecular weight is 500 g/mol. The van der Waals surface area contributed by atoms with Crippen LogP contribution in [0.25, 0.3) is 0 Å². The molecule has 2 fully saturated rings. The van der Waals surface area contributed by atoms with Crippen LogP contribution >= 0.6 is 24.0 Å². The molecular formula is C17H33IN4O3S. The Hall–Kier alpha value is -0.580. The van der Waals surface area contributed by atoms with Gasteiger partial charge in [0.1, 0.15) is 0 Å². The van der Waals surface area contributed by atoms with Gasteiger partial charge in [-0.2, -0.15) is 0 Å². The maximum atomic E-state index is 12.1. The van der Waals surface area contributed by atoms with Crippen molar-refractivity contribution in [3.8, 4) is 0 Å². The van der Waals surface area contributed by atoms with Crippen molar-refractivity contribution in [3.05, 3.63) is 0 Å². The molecule has 1 heterocycles. The second-order valence-electron chi connectivity index (χ2n) is 7.68. The predicted octanol–water partition coefficient (Wildman–Crippen LogP) is 1.39. The zero-order valence-corrected chi connectivity index (χ0v) is 19.2. The first-order valence-corrected chi connectivity index (χ1v) is 10.8. The third kappa shape index (κ3) is 6.24. The third-order valence-corrected chi connectivity index (χ3v) is 7.77. The van der Waals surface area contributed by atoms with E-state index < -0.39 is 14.6 Å². The molecule has 1 saturated heterocycles. The minimum absolute atomic E-state index is 0. The van der Waals surface area contributed by atoms with Crippen molar-refractivity contribution in [2.45, 2.75) is 50.7 Å². The Balaban J connectivity index is 0.00000338. The number of nitrogens with zero attached hydrogens (tertiary/aromatic N) is 2. The lowest BCUT2D eigenvalue weighted by molar-refractivity contribution is -0.121. The topological polar surface area (TPSA) is 90.9 Å². The Morgan fingerprint density at radius 2 is 1.81 bits per heavy atom. The highest BCUT2D eigenvalue weighted by molar-refractivity contribution is 14.0. The van der Waals surface area contributed by atoms with Crippen molar-refractivity contribution in [1.29, 1.82) is 0 Å². The van der Waals surface area contributed by atoms with Gasteiger partial charge in [0.25, 0.3) is 0 Å². The first-order chi connectivity index (χ1) is 11.7. The van der Waals surface area contributed by atoms with E-state index in [1.165, 1.54) is 25.7 Å². The molecule has 2 N–H and O–H groups in total. The molecule has 1 aliphatic carbocycles. The van der Waals surface area contributed by atoms with Gasteiger partial charge in [0.15, 0.2) is 15.8 Å². The van der Waals surface area contributed by atoms with Crippen molar-refractivity contribution < 1.29 is 13.2 Å². The third-order valence-electron chi connectivity index (χ3n) is 5.23. The predicted molar refractivity (Wildman–Crippen MR) is 116 cm³/mol. The molecule has 0 aromatic heterocycles. The Morgan fingerprint density at radius 3 is 2.38 bits per heavy atom. The number of rotatable bonds is 5. The zero-order chi connectivity index (χ0) is 18.5. The van der Waals surface area contributed by atoms with E-state index in [9.17, 15) is 13.2 Å². The molecule has 0 atom stereocenters. The fourth-order valence-electron chi connectivity index (χ4n) is 3.58. The van der Waals surface area contributed by atoms with Crippen LogP contribution in [0.4, 0.5) is 0 Å². The van der Waals surface area contributed by atoms with Gasteiger partial charge in [0.05, 0.1) is 10.5 Å². The molecule has 7 nitrogen and oxygen atoms in total. The van der Waals surface area contributed by atoms with Crippen LogP contribution in [0.5, 0.6) is 0 Å². The monoisotopic (exact) mass is 500 g/mol. The molecule has 2 rings (SSSR count). The summed E-state index contributed by atoms with van der Waals surface area (Å²) in [6, 6.07) is 0. The van der Waals surface area contributed by atoms with Crippen LogP contribution in [0.2, 0.25) is 0 Å². The minimum atomic E-state index is -3.07. The summed E-state index contributed by atoms with van der Waals surface area (Å²) in [7, 11) is -1.37. The summed E-state index contributed by atoms with van der Waals surface area (Å²) in [6.07, 6.45) is 5.47. The van der Waals surface area contributed by atoms with E-state index >= 15 is 0 Å². The number of carbonyl (C=O) groups is 1. The summed E-state index contributed by atoms with van der Waals surface area (Å²) < 4.78 is 23.4. The van der Waals surface area contributed by atoms with Crippen LogP contribution in [0.15, 0.2) is 4.99 Å². The molecule has 152 valence electrons. The molecule has 0 bridgehead atoms. The molecule has 0 aromatic rings. The number of halogens is 1. The number of aliphatic imine (C=N–C) groups is 1. The summed E-state index contributed by atoms with van der Waals surface area (Å²) >= 11 is 0. The van der Waals surface area contributed by atoms with Gasteiger partial charge in [-0.1, -0.05) is 12.8 Å². The summed E-state index contributed by atoms with van der Waals surface area (Å²) in [5, 5.41) is 6.17. The normalized spacial score (nSPS) is 22.6. The van der Waals surface area contributed by atoms with Crippen LogP contribution in [0, 0.1) is 5.92 Å². The smallest absolute Gasteiger partial charge is 0.220 e. The highest BCUT2D eigenvalue weighted by Crippen LogP contribution is 2.27. The summed E-state index contributed by atoms with van der Waals surface area (Å²) in [4.78, 5) is 18.1. The van der Waals surface area contributed by atoms with Gasteiger partial charge >= 0.3 is 0 Å². The van der Waals surface area contributed by atoms with Gasteiger partial charge in [-0.3, -0.25) is 9.79 Å². The number of guanidine groups is 1. The van der Waals surface area contributed by atoms with E-state index in [-0.39, 0.29) is 35.6 Å². The number of hydrogen-bond donors (Lipinski definition) is 2. The van der Waals surface area contributed by atoms with Crippen LogP contribution in [0.1, 0.15) is 46.0 Å². The zero-order valence-electron chi connectivity index (χ0n) is 16.1. The number of amides is 1. The van der Waals surface area contributed by atoms with Gasteiger partial charge in [-0.05, 0) is 32.6 Å². The molecule has 0 spiro atoms. The lowest BCUT2D eigenvalue weighted by Gasteiger charge is -2.39. The van der Waals surface area contributed by atoms with Crippen LogP contribution in [-0.2, 0) is 14.6 Å². The Labute approximate surface area is 174 Å². The molecule has 9 heteroatoms. The van der Waals surface area contributed by atoms with Gasteiger partial charge in [-0.25, -0.2) is 8.42 Å². The largest absolute Gasteiger partial charge is 0.354 e. The van der Waals surface area contributed by atoms with E-state index in [0.29, 0.717) is 44.5 Å². The van der Waals surface area contributed by atoms with Gasteiger partial charge in [0.2, 0.25) is 5.91 Å². The van der Waals surface area contributed by atoms with Crippen molar-refractivity contribution in [2.24, 2.45) is 10.9 Å². The second-order valence-corrected chi connectivity index (χ2v) is 10.4. The van der Waals surface area contributed by atoms with Gasteiger partial charge in [-0.15, -0.1) is 24.0 Å². The van der Waals surface area contributed by atoms with Crippen molar-refractivity contribution in [2.75, 3.05) is 39.0 Å². The molecule has 1 amide bonds. The van der Waals surface area contributed by atoms with E-state index in [4.69, 9.17) is 0 Å². The van der Waals surface area contributed by atoms with E-state index in [2.05, 4.69) is 15.6 Å². The quantitative estimate of drug-likeness (QED) is 0.258. The first kappa shape index (κ1) is 23.5. The van der Waals surface area contributed by atoms with Gasteiger partial charge in [0, 0.05) is 39.6 Å². The van der Waals surface area contributed by atoms with Crippen LogP contribution in [0.3, 0.4) is 0 Å². The highest BCUT2D eigenvalue weighted by Gasteiger charge is 2.40. The van der Waals surface area contributed by atoms with E-state index in [1.54, 1.807) is 20.9 Å². The van der Waals surface area contributed by atoms with E-state index in [1.807, 2.05) is 4.90 Å². The standard InChI is InChI=1S/C17H32N4O3S.HI/c1-17(2)13-21(10-11-25(17,23)24)16(18-3)20-9-8-19-15(22)12-14-6-4-5-7-14;/h14H,4-13H2,1-3H3,(H,18,20)(H,19,22);1H. The molecule has 0 aromatic carbocycles. The molecule has 2 aliphatic rings. The van der Waals surface area contributed by atoms with Crippen molar-refractivity contribution in [3.63, 3.8) is 0 Å². The average Bonchev–Trinajstić information content (AvgIpc) is 3.03. The van der Waals surface area contributed by atoms with E-state index in [0.717, 1.165) is 0 Å². The molecule has 1 saturated carbocycles. The molecule has 1 aliphatic heterocycles. The lowest BCUT2D eigenvalue weighted by atomic mass is 10.0. The maximum absolute atomic E-state index is 12.1. The molecule has 26 heavy (non-hydrogen) atoms. The number of sulfone groups is 1. The summed E-state index contributed by atoms with van der Waals surface area (Å²) in [5.41, 5.74) is 0. The fraction of sp³-hybridized carbons (Fsp3) is 0.882. The fourth-order valence-corrected chi connectivity index (χ4v) is 4.95. The molecular weight excluding hydrogens is 467 g/mol. The molecule has 0 radical (unpaired) electrons. The Bertz CT molecular complexity index is 601. The summed E-state index contributed by atoms with van der Waals surface area (Å²) in [5.74, 6) is 1.50. The Kier molecular flexibility index (Phi) is 9.11. The highest BCUT2D eigenvalue weighted by atomic mass is 127. The summed E-state index contributed by atoms with van der Waals surface area (Å²) in [6.45, 7) is 5.49. The van der Waals surface area contributed by atoms with Crippen LogP contribution in [-0.4, -0.2) is 68.9 Å². The lowest BCUT2D eigenvalue weighted by Crippen LogP contribution is -2.57. The van der Waals surface area contributed by atoms with Gasteiger partial charge < -0.3 is 15.5 Å². The maximum Gasteiger partial charge on any atom is 0.220 e.